The monoisotopic (exact) mass is 345 g/mol. The normalized spacial score (nSPS) is 10.2. The van der Waals surface area contributed by atoms with Crippen LogP contribution in [0.15, 0.2) is 72.8 Å². The molecule has 0 aliphatic heterocycles. The number of methoxy groups -OCH3 is 1. The average molecular weight is 345 g/mol. The Balaban J connectivity index is 1.94. The van der Waals surface area contributed by atoms with E-state index in [4.69, 9.17) is 4.74 Å². The van der Waals surface area contributed by atoms with Gasteiger partial charge in [0.15, 0.2) is 5.78 Å². The first-order valence-electron chi connectivity index (χ1n) is 8.25. The van der Waals surface area contributed by atoms with Gasteiger partial charge in [-0.25, -0.2) is 0 Å². The molecule has 0 aromatic heterocycles. The molecular formula is C22H19NO3. The Kier molecular flexibility index (Phi) is 5.13. The fraction of sp³-hybridized carbons (Fsp3) is 0.0909. The topological polar surface area (TPSA) is 55.4 Å². The second kappa shape index (κ2) is 7.66. The van der Waals surface area contributed by atoms with Crippen LogP contribution in [-0.4, -0.2) is 18.8 Å². The van der Waals surface area contributed by atoms with Crippen molar-refractivity contribution < 1.29 is 14.3 Å². The van der Waals surface area contributed by atoms with Crippen molar-refractivity contribution in [2.75, 3.05) is 12.4 Å². The van der Waals surface area contributed by atoms with Gasteiger partial charge in [0.2, 0.25) is 0 Å². The SMILES string of the molecule is COc1ccc(C)cc1NC(=O)c1ccccc1C(=O)c1ccccc1. The Morgan fingerprint density at radius 2 is 1.50 bits per heavy atom. The van der Waals surface area contributed by atoms with Gasteiger partial charge < -0.3 is 10.1 Å². The zero-order valence-electron chi connectivity index (χ0n) is 14.7. The van der Waals surface area contributed by atoms with Gasteiger partial charge in [-0.3, -0.25) is 9.59 Å². The fourth-order valence-electron chi connectivity index (χ4n) is 2.73. The van der Waals surface area contributed by atoms with Crippen LogP contribution >= 0.6 is 0 Å². The predicted molar refractivity (Wildman–Crippen MR) is 102 cm³/mol. The van der Waals surface area contributed by atoms with Gasteiger partial charge in [-0.15, -0.1) is 0 Å². The summed E-state index contributed by atoms with van der Waals surface area (Å²) in [5, 5.41) is 2.85. The molecule has 4 nitrogen and oxygen atoms in total. The highest BCUT2D eigenvalue weighted by Crippen LogP contribution is 2.26. The minimum atomic E-state index is -0.353. The summed E-state index contributed by atoms with van der Waals surface area (Å²) < 4.78 is 5.30. The predicted octanol–water partition coefficient (Wildman–Crippen LogP) is 4.49. The lowest BCUT2D eigenvalue weighted by molar-refractivity contribution is 0.0996. The first-order chi connectivity index (χ1) is 12.6. The van der Waals surface area contributed by atoms with E-state index in [0.717, 1.165) is 5.56 Å². The number of amides is 1. The number of carbonyl (C=O) groups is 2. The van der Waals surface area contributed by atoms with Crippen LogP contribution in [0.25, 0.3) is 0 Å². The van der Waals surface area contributed by atoms with Crippen molar-refractivity contribution >= 4 is 17.4 Å². The molecule has 3 aromatic carbocycles. The summed E-state index contributed by atoms with van der Waals surface area (Å²) in [6.45, 7) is 1.93. The average Bonchev–Trinajstić information content (AvgIpc) is 2.68. The lowest BCUT2D eigenvalue weighted by atomic mass is 9.98. The minimum Gasteiger partial charge on any atom is -0.495 e. The van der Waals surface area contributed by atoms with Crippen LogP contribution < -0.4 is 10.1 Å². The number of rotatable bonds is 5. The molecule has 26 heavy (non-hydrogen) atoms. The second-order valence-electron chi connectivity index (χ2n) is 5.90. The highest BCUT2D eigenvalue weighted by molar-refractivity contribution is 6.17. The molecule has 0 aliphatic carbocycles. The van der Waals surface area contributed by atoms with Crippen molar-refractivity contribution in [2.45, 2.75) is 6.92 Å². The molecule has 0 saturated carbocycles. The number of ether oxygens (including phenoxy) is 1. The number of aryl methyl sites for hydroxylation is 1. The van der Waals surface area contributed by atoms with Crippen molar-refractivity contribution in [2.24, 2.45) is 0 Å². The van der Waals surface area contributed by atoms with Gasteiger partial charge in [-0.1, -0.05) is 54.6 Å². The third-order valence-corrected chi connectivity index (χ3v) is 4.06. The van der Waals surface area contributed by atoms with E-state index in [1.807, 2.05) is 25.1 Å². The highest BCUT2D eigenvalue weighted by Gasteiger charge is 2.19. The summed E-state index contributed by atoms with van der Waals surface area (Å²) in [7, 11) is 1.55. The van der Waals surface area contributed by atoms with Gasteiger partial charge in [0.05, 0.1) is 18.4 Å². The summed E-state index contributed by atoms with van der Waals surface area (Å²) in [6.07, 6.45) is 0. The summed E-state index contributed by atoms with van der Waals surface area (Å²) in [5.74, 6) is 0.0251. The van der Waals surface area contributed by atoms with Crippen LogP contribution in [0.5, 0.6) is 5.75 Å². The lowest BCUT2D eigenvalue weighted by Gasteiger charge is -2.13. The van der Waals surface area contributed by atoms with Gasteiger partial charge in [0.1, 0.15) is 5.75 Å². The standard InChI is InChI=1S/C22H19NO3/c1-15-12-13-20(26-2)19(14-15)23-22(25)18-11-7-6-10-17(18)21(24)16-8-4-3-5-9-16/h3-14H,1-2H3,(H,23,25). The van der Waals surface area contributed by atoms with Crippen LogP contribution in [0.2, 0.25) is 0 Å². The molecule has 0 fully saturated rings. The number of ketones is 1. The quantitative estimate of drug-likeness (QED) is 0.693. The van der Waals surface area contributed by atoms with Crippen molar-refractivity contribution in [3.8, 4) is 5.75 Å². The molecule has 0 spiro atoms. The van der Waals surface area contributed by atoms with Crippen LogP contribution in [0, 0.1) is 6.92 Å². The number of hydrogen-bond donors (Lipinski definition) is 1. The molecule has 3 rings (SSSR count). The summed E-state index contributed by atoms with van der Waals surface area (Å²) in [5.41, 5.74) is 2.79. The zero-order valence-corrected chi connectivity index (χ0v) is 14.7. The zero-order chi connectivity index (χ0) is 18.5. The van der Waals surface area contributed by atoms with E-state index in [0.29, 0.717) is 28.1 Å². The molecule has 0 atom stereocenters. The van der Waals surface area contributed by atoms with Crippen molar-refractivity contribution in [1.82, 2.24) is 0 Å². The molecule has 0 bridgehead atoms. The van der Waals surface area contributed by atoms with Crippen LogP contribution in [0.3, 0.4) is 0 Å². The molecule has 0 radical (unpaired) electrons. The maximum atomic E-state index is 12.8. The molecule has 0 aliphatic rings. The van der Waals surface area contributed by atoms with Crippen LogP contribution in [0.4, 0.5) is 5.69 Å². The Bertz CT molecular complexity index is 949. The van der Waals surface area contributed by atoms with E-state index < -0.39 is 0 Å². The maximum absolute atomic E-state index is 12.8. The number of hydrogen-bond acceptors (Lipinski definition) is 3. The number of benzene rings is 3. The van der Waals surface area contributed by atoms with Gasteiger partial charge >= 0.3 is 0 Å². The molecule has 130 valence electrons. The Morgan fingerprint density at radius 1 is 0.846 bits per heavy atom. The largest absolute Gasteiger partial charge is 0.495 e. The molecule has 1 N–H and O–H groups in total. The third-order valence-electron chi connectivity index (χ3n) is 4.06. The van der Waals surface area contributed by atoms with E-state index in [2.05, 4.69) is 5.32 Å². The Labute approximate surface area is 152 Å². The Hall–Kier alpha value is -3.40. The summed E-state index contributed by atoms with van der Waals surface area (Å²) >= 11 is 0. The second-order valence-corrected chi connectivity index (χ2v) is 5.90. The van der Waals surface area contributed by atoms with E-state index in [-0.39, 0.29) is 11.7 Å². The first-order valence-corrected chi connectivity index (χ1v) is 8.25. The summed E-state index contributed by atoms with van der Waals surface area (Å²) in [6, 6.07) is 21.3. The van der Waals surface area contributed by atoms with Crippen LogP contribution in [-0.2, 0) is 0 Å². The Morgan fingerprint density at radius 3 is 2.19 bits per heavy atom. The van der Waals surface area contributed by atoms with Crippen LogP contribution in [0.1, 0.15) is 31.8 Å². The molecular weight excluding hydrogens is 326 g/mol. The number of anilines is 1. The molecule has 4 heteroatoms. The molecule has 0 unspecified atom stereocenters. The molecule has 1 amide bonds. The number of nitrogens with one attached hydrogen (secondary N) is 1. The first kappa shape index (κ1) is 17.4. The summed E-state index contributed by atoms with van der Waals surface area (Å²) in [4.78, 5) is 25.6. The minimum absolute atomic E-state index is 0.187. The van der Waals surface area contributed by atoms with E-state index in [9.17, 15) is 9.59 Å². The van der Waals surface area contributed by atoms with Gasteiger partial charge in [0.25, 0.3) is 5.91 Å². The maximum Gasteiger partial charge on any atom is 0.256 e. The third kappa shape index (κ3) is 3.64. The van der Waals surface area contributed by atoms with Gasteiger partial charge in [-0.05, 0) is 30.7 Å². The molecule has 0 saturated heterocycles. The van der Waals surface area contributed by atoms with Gasteiger partial charge in [0, 0.05) is 11.1 Å². The lowest BCUT2D eigenvalue weighted by Crippen LogP contribution is -2.17. The number of carbonyl (C=O) groups excluding carboxylic acids is 2. The molecule has 3 aromatic rings. The van der Waals surface area contributed by atoms with Gasteiger partial charge in [-0.2, -0.15) is 0 Å². The van der Waals surface area contributed by atoms with E-state index in [1.165, 1.54) is 0 Å². The van der Waals surface area contributed by atoms with E-state index in [1.54, 1.807) is 61.7 Å². The molecule has 0 heterocycles. The van der Waals surface area contributed by atoms with Crippen molar-refractivity contribution in [1.29, 1.82) is 0 Å². The van der Waals surface area contributed by atoms with E-state index >= 15 is 0 Å². The van der Waals surface area contributed by atoms with Crippen molar-refractivity contribution in [3.63, 3.8) is 0 Å². The highest BCUT2D eigenvalue weighted by atomic mass is 16.5. The smallest absolute Gasteiger partial charge is 0.256 e. The van der Waals surface area contributed by atoms with Crippen molar-refractivity contribution in [3.05, 3.63) is 95.1 Å². The fourth-order valence-corrected chi connectivity index (χ4v) is 2.73.